The van der Waals surface area contributed by atoms with E-state index in [4.69, 9.17) is 16.7 Å². The molecule has 0 saturated carbocycles. The average molecular weight is 305 g/mol. The first-order chi connectivity index (χ1) is 10.1. The van der Waals surface area contributed by atoms with Crippen LogP contribution in [0.2, 0.25) is 5.02 Å². The number of hydrogen-bond acceptors (Lipinski definition) is 2. The Labute approximate surface area is 128 Å². The van der Waals surface area contributed by atoms with Crippen molar-refractivity contribution in [1.29, 1.82) is 0 Å². The molecule has 1 aromatic carbocycles. The maximum absolute atomic E-state index is 10.8. The van der Waals surface area contributed by atoms with Gasteiger partial charge >= 0.3 is 5.97 Å². The highest BCUT2D eigenvalue weighted by Crippen LogP contribution is 2.26. The molecule has 5 heteroatoms. The molecule has 21 heavy (non-hydrogen) atoms. The van der Waals surface area contributed by atoms with E-state index < -0.39 is 5.97 Å². The highest BCUT2D eigenvalue weighted by molar-refractivity contribution is 6.32. The number of aliphatic carboxylic acids is 1. The van der Waals surface area contributed by atoms with Crippen LogP contribution in [-0.2, 0) is 17.6 Å². The highest BCUT2D eigenvalue weighted by Gasteiger charge is 2.12. The van der Waals surface area contributed by atoms with Crippen LogP contribution in [0, 0.1) is 0 Å². The molecule has 0 saturated heterocycles. The van der Waals surface area contributed by atoms with E-state index in [0.717, 1.165) is 36.0 Å². The predicted octanol–water partition coefficient (Wildman–Crippen LogP) is 3.75. The molecule has 0 amide bonds. The SMILES string of the molecule is CCc1cc(CC)n(-c2cccc(Cl)c2/C=C/C(=O)O)n1. The molecule has 0 spiro atoms. The Kier molecular flexibility index (Phi) is 4.81. The number of carboxylic acid groups (broad SMARTS) is 1. The first kappa shape index (κ1) is 15.3. The maximum atomic E-state index is 10.8. The lowest BCUT2D eigenvalue weighted by Gasteiger charge is -2.11. The summed E-state index contributed by atoms with van der Waals surface area (Å²) in [7, 11) is 0. The molecule has 0 atom stereocenters. The number of aryl methyl sites for hydroxylation is 2. The topological polar surface area (TPSA) is 55.1 Å². The van der Waals surface area contributed by atoms with Gasteiger partial charge in [-0.25, -0.2) is 9.48 Å². The number of carboxylic acids is 1. The van der Waals surface area contributed by atoms with E-state index in [0.29, 0.717) is 10.6 Å². The molecule has 0 radical (unpaired) electrons. The number of nitrogens with zero attached hydrogens (tertiary/aromatic N) is 2. The molecule has 1 heterocycles. The van der Waals surface area contributed by atoms with Gasteiger partial charge in [0.25, 0.3) is 0 Å². The van der Waals surface area contributed by atoms with Crippen molar-refractivity contribution >= 4 is 23.6 Å². The van der Waals surface area contributed by atoms with Crippen molar-refractivity contribution in [2.24, 2.45) is 0 Å². The summed E-state index contributed by atoms with van der Waals surface area (Å²) < 4.78 is 1.84. The Morgan fingerprint density at radius 3 is 2.76 bits per heavy atom. The molecule has 1 N–H and O–H groups in total. The van der Waals surface area contributed by atoms with E-state index in [-0.39, 0.29) is 0 Å². The van der Waals surface area contributed by atoms with Gasteiger partial charge in [-0.3, -0.25) is 0 Å². The van der Waals surface area contributed by atoms with Crippen molar-refractivity contribution in [2.75, 3.05) is 0 Å². The lowest BCUT2D eigenvalue weighted by molar-refractivity contribution is -0.131. The molecular weight excluding hydrogens is 288 g/mol. The van der Waals surface area contributed by atoms with Crippen LogP contribution in [0.15, 0.2) is 30.3 Å². The summed E-state index contributed by atoms with van der Waals surface area (Å²) in [5.41, 5.74) is 3.51. The molecule has 0 aliphatic rings. The standard InChI is InChI=1S/C16H17ClN2O2/c1-3-11-10-12(4-2)19(18-11)15-7-5-6-14(17)13(15)8-9-16(20)21/h5-10H,3-4H2,1-2H3,(H,20,21)/b9-8+. The summed E-state index contributed by atoms with van der Waals surface area (Å²) in [4.78, 5) is 10.8. The third-order valence-electron chi connectivity index (χ3n) is 3.21. The van der Waals surface area contributed by atoms with Gasteiger partial charge in [0.05, 0.1) is 11.4 Å². The number of rotatable bonds is 5. The third kappa shape index (κ3) is 3.34. The summed E-state index contributed by atoms with van der Waals surface area (Å²) in [6, 6.07) is 7.52. The number of aromatic nitrogens is 2. The molecule has 4 nitrogen and oxygen atoms in total. The molecule has 0 aliphatic carbocycles. The second-order valence-corrected chi connectivity index (χ2v) is 5.00. The second kappa shape index (κ2) is 6.59. The Balaban J connectivity index is 2.61. The second-order valence-electron chi connectivity index (χ2n) is 4.59. The number of carbonyl (C=O) groups is 1. The van der Waals surface area contributed by atoms with Gasteiger partial charge in [-0.05, 0) is 37.1 Å². The largest absolute Gasteiger partial charge is 0.478 e. The lowest BCUT2D eigenvalue weighted by Crippen LogP contribution is -2.04. The Morgan fingerprint density at radius 1 is 1.38 bits per heavy atom. The van der Waals surface area contributed by atoms with E-state index in [1.807, 2.05) is 16.8 Å². The monoisotopic (exact) mass is 304 g/mol. The van der Waals surface area contributed by atoms with Crippen molar-refractivity contribution in [2.45, 2.75) is 26.7 Å². The molecule has 0 aliphatic heterocycles. The smallest absolute Gasteiger partial charge is 0.328 e. The van der Waals surface area contributed by atoms with Crippen LogP contribution < -0.4 is 0 Å². The van der Waals surface area contributed by atoms with Gasteiger partial charge in [0.2, 0.25) is 0 Å². The molecule has 110 valence electrons. The van der Waals surface area contributed by atoms with E-state index >= 15 is 0 Å². The minimum Gasteiger partial charge on any atom is -0.478 e. The van der Waals surface area contributed by atoms with Gasteiger partial charge in [-0.1, -0.05) is 31.5 Å². The van der Waals surface area contributed by atoms with E-state index in [9.17, 15) is 4.79 Å². The normalized spacial score (nSPS) is 11.2. The maximum Gasteiger partial charge on any atom is 0.328 e. The van der Waals surface area contributed by atoms with Crippen LogP contribution in [0.3, 0.4) is 0 Å². The van der Waals surface area contributed by atoms with Crippen LogP contribution >= 0.6 is 11.6 Å². The van der Waals surface area contributed by atoms with Gasteiger partial charge in [0.15, 0.2) is 0 Å². The Bertz CT molecular complexity index is 690. The quantitative estimate of drug-likeness (QED) is 0.856. The van der Waals surface area contributed by atoms with Crippen LogP contribution in [0.25, 0.3) is 11.8 Å². The van der Waals surface area contributed by atoms with Gasteiger partial charge in [0, 0.05) is 22.4 Å². The van der Waals surface area contributed by atoms with Gasteiger partial charge < -0.3 is 5.11 Å². The zero-order valence-corrected chi connectivity index (χ0v) is 12.8. The minimum atomic E-state index is -1.01. The Morgan fingerprint density at radius 2 is 2.14 bits per heavy atom. The lowest BCUT2D eigenvalue weighted by atomic mass is 10.1. The van der Waals surface area contributed by atoms with Crippen molar-refractivity contribution in [1.82, 2.24) is 9.78 Å². The summed E-state index contributed by atoms with van der Waals surface area (Å²) in [6.07, 6.45) is 4.27. The zero-order valence-electron chi connectivity index (χ0n) is 12.0. The van der Waals surface area contributed by atoms with Crippen LogP contribution in [-0.4, -0.2) is 20.9 Å². The third-order valence-corrected chi connectivity index (χ3v) is 3.54. The summed E-state index contributed by atoms with van der Waals surface area (Å²) in [6.45, 7) is 4.11. The van der Waals surface area contributed by atoms with Crippen molar-refractivity contribution in [3.8, 4) is 5.69 Å². The van der Waals surface area contributed by atoms with Crippen molar-refractivity contribution in [3.05, 3.63) is 52.3 Å². The van der Waals surface area contributed by atoms with Crippen LogP contribution in [0.4, 0.5) is 0 Å². The van der Waals surface area contributed by atoms with Crippen LogP contribution in [0.1, 0.15) is 30.8 Å². The van der Waals surface area contributed by atoms with Crippen molar-refractivity contribution < 1.29 is 9.90 Å². The fourth-order valence-electron chi connectivity index (χ4n) is 2.14. The Hall–Kier alpha value is -2.07. The summed E-state index contributed by atoms with van der Waals surface area (Å²) >= 11 is 6.21. The van der Waals surface area contributed by atoms with E-state index in [2.05, 4.69) is 25.0 Å². The number of benzene rings is 1. The number of halogens is 1. The van der Waals surface area contributed by atoms with E-state index in [1.54, 1.807) is 6.07 Å². The predicted molar refractivity (Wildman–Crippen MR) is 84.0 cm³/mol. The zero-order chi connectivity index (χ0) is 15.4. The fourth-order valence-corrected chi connectivity index (χ4v) is 2.37. The van der Waals surface area contributed by atoms with Crippen LogP contribution in [0.5, 0.6) is 0 Å². The fraction of sp³-hybridized carbons (Fsp3) is 0.250. The summed E-state index contributed by atoms with van der Waals surface area (Å²) in [5, 5.41) is 13.9. The molecule has 2 aromatic rings. The first-order valence-electron chi connectivity index (χ1n) is 6.84. The molecule has 0 bridgehead atoms. The molecule has 0 fully saturated rings. The summed E-state index contributed by atoms with van der Waals surface area (Å²) in [5.74, 6) is -1.01. The minimum absolute atomic E-state index is 0.501. The molecule has 0 unspecified atom stereocenters. The molecule has 2 rings (SSSR count). The van der Waals surface area contributed by atoms with Gasteiger partial charge in [0.1, 0.15) is 0 Å². The van der Waals surface area contributed by atoms with Gasteiger partial charge in [-0.15, -0.1) is 0 Å². The van der Waals surface area contributed by atoms with E-state index in [1.165, 1.54) is 6.08 Å². The van der Waals surface area contributed by atoms with Gasteiger partial charge in [-0.2, -0.15) is 5.10 Å². The average Bonchev–Trinajstić information content (AvgIpc) is 2.88. The molecule has 1 aromatic heterocycles. The molecular formula is C16H17ClN2O2. The number of hydrogen-bond donors (Lipinski definition) is 1. The highest BCUT2D eigenvalue weighted by atomic mass is 35.5. The van der Waals surface area contributed by atoms with Crippen molar-refractivity contribution in [3.63, 3.8) is 0 Å². The first-order valence-corrected chi connectivity index (χ1v) is 7.22.